The smallest absolute Gasteiger partial charge is 0.407 e. The molecular formula is C30H29F3N6O4. The zero-order chi connectivity index (χ0) is 30.6. The topological polar surface area (TPSA) is 130 Å². The molecule has 1 saturated heterocycles. The van der Waals surface area contributed by atoms with Gasteiger partial charge in [0.2, 0.25) is 17.7 Å². The Morgan fingerprint density at radius 1 is 1.07 bits per heavy atom. The highest BCUT2D eigenvalue weighted by Crippen LogP contribution is 2.38. The Bertz CT molecular complexity index is 1650. The second-order valence-corrected chi connectivity index (χ2v) is 10.2. The second kappa shape index (κ2) is 12.5. The minimum atomic E-state index is -4.42. The molecule has 3 N–H and O–H groups in total. The number of aryl methyl sites for hydroxylation is 1. The molecule has 13 heteroatoms. The molecule has 0 aliphatic carbocycles. The van der Waals surface area contributed by atoms with Crippen LogP contribution >= 0.6 is 0 Å². The fraction of sp³-hybridized carbons (Fsp3) is 0.300. The summed E-state index contributed by atoms with van der Waals surface area (Å²) in [5, 5.41) is 16.4. The minimum absolute atomic E-state index is 0.133. The van der Waals surface area contributed by atoms with Crippen LogP contribution in [0.5, 0.6) is 11.6 Å². The number of piperidine rings is 1. The van der Waals surface area contributed by atoms with E-state index < -0.39 is 31.0 Å². The van der Waals surface area contributed by atoms with Crippen molar-refractivity contribution in [3.63, 3.8) is 0 Å². The molecule has 0 radical (unpaired) electrons. The summed E-state index contributed by atoms with van der Waals surface area (Å²) >= 11 is 0. The van der Waals surface area contributed by atoms with E-state index in [4.69, 9.17) is 4.74 Å². The molecule has 0 saturated carbocycles. The van der Waals surface area contributed by atoms with Crippen LogP contribution in [0.3, 0.4) is 0 Å². The normalized spacial score (nSPS) is 15.3. The number of pyridine rings is 1. The number of hydrogen-bond acceptors (Lipinski definition) is 7. The maximum atomic E-state index is 12.6. The summed E-state index contributed by atoms with van der Waals surface area (Å²) < 4.78 is 44.2. The van der Waals surface area contributed by atoms with Crippen molar-refractivity contribution in [3.05, 3.63) is 66.5 Å². The summed E-state index contributed by atoms with van der Waals surface area (Å²) in [7, 11) is 0. The van der Waals surface area contributed by atoms with Gasteiger partial charge in [-0.15, -0.1) is 0 Å². The first-order valence-corrected chi connectivity index (χ1v) is 13.7. The Morgan fingerprint density at radius 3 is 2.70 bits per heavy atom. The van der Waals surface area contributed by atoms with Crippen LogP contribution in [-0.4, -0.2) is 62.3 Å². The number of carbonyl (C=O) groups excluding carboxylic acids is 1. The Kier molecular flexibility index (Phi) is 8.60. The summed E-state index contributed by atoms with van der Waals surface area (Å²) in [4.78, 5) is 38.4. The van der Waals surface area contributed by atoms with Gasteiger partial charge in [0.15, 0.2) is 0 Å². The quantitative estimate of drug-likeness (QED) is 0.207. The molecular weight excluding hydrogens is 565 g/mol. The van der Waals surface area contributed by atoms with E-state index in [9.17, 15) is 27.9 Å². The zero-order valence-electron chi connectivity index (χ0n) is 23.2. The van der Waals surface area contributed by atoms with E-state index in [1.165, 1.54) is 4.90 Å². The number of amides is 2. The number of alkyl halides is 3. The zero-order valence-corrected chi connectivity index (χ0v) is 23.2. The van der Waals surface area contributed by atoms with E-state index in [2.05, 4.69) is 25.6 Å². The number of likely N-dealkylation sites (tertiary alicyclic amines) is 1. The third kappa shape index (κ3) is 7.29. The highest BCUT2D eigenvalue weighted by molar-refractivity contribution is 6.04. The number of nitrogens with one attached hydrogen (secondary N) is 2. The second-order valence-electron chi connectivity index (χ2n) is 10.2. The lowest BCUT2D eigenvalue weighted by Gasteiger charge is -2.31. The molecule has 4 aromatic rings. The first-order chi connectivity index (χ1) is 20.6. The van der Waals surface area contributed by atoms with Crippen LogP contribution < -0.4 is 15.4 Å². The molecule has 0 bridgehead atoms. The van der Waals surface area contributed by atoms with Crippen LogP contribution in [0.2, 0.25) is 0 Å². The maximum Gasteiger partial charge on any atom is 0.407 e. The molecule has 224 valence electrons. The van der Waals surface area contributed by atoms with Gasteiger partial charge in [-0.3, -0.25) is 4.79 Å². The molecule has 10 nitrogen and oxygen atoms in total. The molecule has 5 rings (SSSR count). The third-order valence-corrected chi connectivity index (χ3v) is 7.05. The van der Waals surface area contributed by atoms with Gasteiger partial charge >= 0.3 is 12.3 Å². The molecule has 2 amide bonds. The third-order valence-electron chi connectivity index (χ3n) is 7.05. The molecule has 1 fully saturated rings. The van der Waals surface area contributed by atoms with Gasteiger partial charge in [-0.2, -0.15) is 13.2 Å². The van der Waals surface area contributed by atoms with Crippen LogP contribution in [-0.2, 0) is 4.79 Å². The monoisotopic (exact) mass is 594 g/mol. The van der Waals surface area contributed by atoms with E-state index in [0.717, 1.165) is 18.4 Å². The Hall–Kier alpha value is -4.94. The van der Waals surface area contributed by atoms with Crippen molar-refractivity contribution in [2.24, 2.45) is 0 Å². The predicted molar refractivity (Wildman–Crippen MR) is 154 cm³/mol. The van der Waals surface area contributed by atoms with E-state index >= 15 is 0 Å². The molecule has 3 heterocycles. The molecule has 43 heavy (non-hydrogen) atoms. The van der Waals surface area contributed by atoms with Gasteiger partial charge in [0.1, 0.15) is 5.75 Å². The Balaban J connectivity index is 1.40. The number of carboxylic acid groups (broad SMARTS) is 1. The number of nitrogens with zero attached hydrogens (tertiary/aromatic N) is 4. The van der Waals surface area contributed by atoms with Gasteiger partial charge in [0.25, 0.3) is 0 Å². The highest BCUT2D eigenvalue weighted by atomic mass is 19.4. The SMILES string of the molecule is Cc1ccc2c(NC(=O)CCC(F)(F)F)cccc2c1Oc1ncccc1-c1ccnc(NC2CCCN(C(=O)O)C2)n1. The van der Waals surface area contributed by atoms with Crippen molar-refractivity contribution in [2.45, 2.75) is 44.8 Å². The lowest BCUT2D eigenvalue weighted by Crippen LogP contribution is -2.44. The van der Waals surface area contributed by atoms with Gasteiger partial charge in [-0.25, -0.2) is 19.7 Å². The number of benzene rings is 2. The molecule has 0 spiro atoms. The Morgan fingerprint density at radius 2 is 1.91 bits per heavy atom. The van der Waals surface area contributed by atoms with Crippen LogP contribution in [0.1, 0.15) is 31.2 Å². The molecule has 1 aliphatic rings. The lowest BCUT2D eigenvalue weighted by atomic mass is 10.0. The summed E-state index contributed by atoms with van der Waals surface area (Å²) in [5.41, 5.74) is 2.25. The predicted octanol–water partition coefficient (Wildman–Crippen LogP) is 6.63. The van der Waals surface area contributed by atoms with E-state index in [1.54, 1.807) is 60.9 Å². The number of hydrogen-bond donors (Lipinski definition) is 3. The first kappa shape index (κ1) is 29.5. The number of carbonyl (C=O) groups is 2. The van der Waals surface area contributed by atoms with Crippen LogP contribution in [0.4, 0.5) is 29.6 Å². The molecule has 1 aliphatic heterocycles. The van der Waals surface area contributed by atoms with Gasteiger partial charge in [0.05, 0.1) is 17.7 Å². The van der Waals surface area contributed by atoms with Crippen molar-refractivity contribution in [1.29, 1.82) is 0 Å². The van der Waals surface area contributed by atoms with Crippen LogP contribution in [0.15, 0.2) is 60.9 Å². The van der Waals surface area contributed by atoms with Crippen LogP contribution in [0.25, 0.3) is 22.0 Å². The van der Waals surface area contributed by atoms with Crippen molar-refractivity contribution < 1.29 is 32.6 Å². The lowest BCUT2D eigenvalue weighted by molar-refractivity contribution is -0.142. The molecule has 2 aromatic carbocycles. The molecule has 1 unspecified atom stereocenters. The van der Waals surface area contributed by atoms with E-state index in [1.807, 2.05) is 6.92 Å². The van der Waals surface area contributed by atoms with Gasteiger partial charge in [0, 0.05) is 54.4 Å². The number of anilines is 2. The first-order valence-electron chi connectivity index (χ1n) is 13.7. The highest BCUT2D eigenvalue weighted by Gasteiger charge is 2.28. The summed E-state index contributed by atoms with van der Waals surface area (Å²) in [6.45, 7) is 2.67. The number of ether oxygens (including phenoxy) is 1. The average Bonchev–Trinajstić information content (AvgIpc) is 2.98. The molecule has 2 aromatic heterocycles. The standard InChI is InChI=1S/C30H29F3N6O4/c1-18-9-10-20-21(6-2-8-23(20)37-25(40)11-13-30(31,32)33)26(18)43-27-22(7-3-14-34-27)24-12-15-35-28(38-24)36-19-5-4-16-39(17-19)29(41)42/h2-3,6-10,12,14-15,19H,4-5,11,13,16-17H2,1H3,(H,37,40)(H,41,42)(H,35,36,38). The van der Waals surface area contributed by atoms with Crippen LogP contribution in [0, 0.1) is 6.92 Å². The van der Waals surface area contributed by atoms with Crippen molar-refractivity contribution in [2.75, 3.05) is 23.7 Å². The summed E-state index contributed by atoms with van der Waals surface area (Å²) in [6, 6.07) is 13.8. The summed E-state index contributed by atoms with van der Waals surface area (Å²) in [6.07, 6.45) is -2.59. The number of rotatable bonds is 8. The van der Waals surface area contributed by atoms with Gasteiger partial charge < -0.3 is 25.4 Å². The minimum Gasteiger partial charge on any atom is -0.465 e. The van der Waals surface area contributed by atoms with E-state index in [0.29, 0.717) is 52.5 Å². The van der Waals surface area contributed by atoms with Crippen molar-refractivity contribution in [1.82, 2.24) is 19.9 Å². The fourth-order valence-electron chi connectivity index (χ4n) is 4.94. The van der Waals surface area contributed by atoms with Crippen molar-refractivity contribution >= 4 is 34.4 Å². The average molecular weight is 595 g/mol. The number of aromatic nitrogens is 3. The van der Waals surface area contributed by atoms with E-state index in [-0.39, 0.29) is 11.9 Å². The number of halogens is 3. The molecule has 1 atom stereocenters. The Labute approximate surface area is 244 Å². The number of fused-ring (bicyclic) bond motifs is 1. The largest absolute Gasteiger partial charge is 0.465 e. The summed E-state index contributed by atoms with van der Waals surface area (Å²) in [5.74, 6) is 0.332. The van der Waals surface area contributed by atoms with Gasteiger partial charge in [-0.1, -0.05) is 24.3 Å². The van der Waals surface area contributed by atoms with Crippen molar-refractivity contribution in [3.8, 4) is 22.9 Å². The fourth-order valence-corrected chi connectivity index (χ4v) is 4.94. The van der Waals surface area contributed by atoms with Gasteiger partial charge in [-0.05, 0) is 49.6 Å². The maximum absolute atomic E-state index is 12.6.